The van der Waals surface area contributed by atoms with E-state index >= 15 is 0 Å². The molecule has 0 aliphatic carbocycles. The number of aromatic nitrogens is 4. The third kappa shape index (κ3) is 3.41. The number of benzene rings is 2. The Bertz CT molecular complexity index is 1200. The second-order valence-corrected chi connectivity index (χ2v) is 7.48. The summed E-state index contributed by atoms with van der Waals surface area (Å²) in [6.07, 6.45) is 7.95. The number of hydrogen-bond acceptors (Lipinski definition) is 6. The molecule has 30 heavy (non-hydrogen) atoms. The van der Waals surface area contributed by atoms with Crippen molar-refractivity contribution in [1.29, 1.82) is 0 Å². The van der Waals surface area contributed by atoms with Gasteiger partial charge in [-0.25, -0.2) is 15.0 Å². The SMILES string of the molecule is COc1cc2c(N3CCc4ccc(Cl)cc43)ncnc2cc1OCCn1ccnc1. The van der Waals surface area contributed by atoms with Gasteiger partial charge < -0.3 is 18.9 Å². The van der Waals surface area contributed by atoms with Gasteiger partial charge in [0.05, 0.1) is 25.5 Å². The monoisotopic (exact) mass is 421 g/mol. The highest BCUT2D eigenvalue weighted by molar-refractivity contribution is 6.31. The molecule has 152 valence electrons. The highest BCUT2D eigenvalue weighted by atomic mass is 35.5. The summed E-state index contributed by atoms with van der Waals surface area (Å²) >= 11 is 6.25. The van der Waals surface area contributed by atoms with E-state index in [1.165, 1.54) is 5.56 Å². The Labute approximate surface area is 178 Å². The average molecular weight is 422 g/mol. The predicted molar refractivity (Wildman–Crippen MR) is 116 cm³/mol. The summed E-state index contributed by atoms with van der Waals surface area (Å²) in [5.41, 5.74) is 3.15. The summed E-state index contributed by atoms with van der Waals surface area (Å²) in [5, 5.41) is 1.62. The van der Waals surface area contributed by atoms with Gasteiger partial charge in [0.25, 0.3) is 0 Å². The van der Waals surface area contributed by atoms with Crippen LogP contribution in [-0.4, -0.2) is 39.8 Å². The molecule has 1 aliphatic heterocycles. The van der Waals surface area contributed by atoms with E-state index in [-0.39, 0.29) is 0 Å². The van der Waals surface area contributed by atoms with Gasteiger partial charge in [0.2, 0.25) is 0 Å². The van der Waals surface area contributed by atoms with Crippen LogP contribution in [0.5, 0.6) is 11.5 Å². The molecule has 0 spiro atoms. The lowest BCUT2D eigenvalue weighted by Crippen LogP contribution is -2.15. The molecule has 7 nitrogen and oxygen atoms in total. The first-order valence-electron chi connectivity index (χ1n) is 9.70. The van der Waals surface area contributed by atoms with Crippen molar-refractivity contribution < 1.29 is 9.47 Å². The number of ether oxygens (including phenoxy) is 2. The number of fused-ring (bicyclic) bond motifs is 2. The van der Waals surface area contributed by atoms with E-state index in [1.54, 1.807) is 26.0 Å². The zero-order chi connectivity index (χ0) is 20.5. The van der Waals surface area contributed by atoms with E-state index in [4.69, 9.17) is 21.1 Å². The Hall–Kier alpha value is -3.32. The van der Waals surface area contributed by atoms with Crippen LogP contribution in [0, 0.1) is 0 Å². The molecule has 0 amide bonds. The van der Waals surface area contributed by atoms with E-state index < -0.39 is 0 Å². The number of methoxy groups -OCH3 is 1. The number of halogens is 1. The minimum Gasteiger partial charge on any atom is -0.493 e. The molecular formula is C22H20ClN5O2. The van der Waals surface area contributed by atoms with E-state index in [2.05, 4.69) is 25.9 Å². The molecule has 3 heterocycles. The van der Waals surface area contributed by atoms with Crippen LogP contribution in [0.1, 0.15) is 5.56 Å². The van der Waals surface area contributed by atoms with Crippen molar-refractivity contribution in [2.75, 3.05) is 25.2 Å². The van der Waals surface area contributed by atoms with Crippen molar-refractivity contribution in [3.05, 3.63) is 66.0 Å². The topological polar surface area (TPSA) is 65.3 Å². The molecule has 1 aliphatic rings. The largest absolute Gasteiger partial charge is 0.493 e. The van der Waals surface area contributed by atoms with Gasteiger partial charge in [-0.15, -0.1) is 0 Å². The summed E-state index contributed by atoms with van der Waals surface area (Å²) in [5.74, 6) is 2.14. The minimum atomic E-state index is 0.494. The molecule has 0 fully saturated rings. The van der Waals surface area contributed by atoms with Gasteiger partial charge in [-0.05, 0) is 30.2 Å². The molecule has 4 aromatic rings. The number of imidazole rings is 1. The molecular weight excluding hydrogens is 402 g/mol. The number of anilines is 2. The Balaban J connectivity index is 1.49. The van der Waals surface area contributed by atoms with Crippen molar-refractivity contribution in [2.24, 2.45) is 0 Å². The van der Waals surface area contributed by atoms with Crippen LogP contribution in [0.25, 0.3) is 10.9 Å². The maximum absolute atomic E-state index is 6.25. The van der Waals surface area contributed by atoms with Gasteiger partial charge in [-0.2, -0.15) is 0 Å². The molecule has 0 saturated heterocycles. The van der Waals surface area contributed by atoms with Crippen molar-refractivity contribution >= 4 is 34.0 Å². The summed E-state index contributed by atoms with van der Waals surface area (Å²) in [6, 6.07) is 9.84. The lowest BCUT2D eigenvalue weighted by Gasteiger charge is -2.21. The molecule has 2 aromatic carbocycles. The van der Waals surface area contributed by atoms with Gasteiger partial charge in [-0.1, -0.05) is 17.7 Å². The Kier molecular flexibility index (Phi) is 4.88. The van der Waals surface area contributed by atoms with Gasteiger partial charge in [0, 0.05) is 41.1 Å². The van der Waals surface area contributed by atoms with Crippen molar-refractivity contribution in [3.8, 4) is 11.5 Å². The lowest BCUT2D eigenvalue weighted by molar-refractivity contribution is 0.280. The van der Waals surface area contributed by atoms with Crippen LogP contribution in [0.2, 0.25) is 5.02 Å². The van der Waals surface area contributed by atoms with Gasteiger partial charge in [-0.3, -0.25) is 0 Å². The maximum Gasteiger partial charge on any atom is 0.163 e. The smallest absolute Gasteiger partial charge is 0.163 e. The second-order valence-electron chi connectivity index (χ2n) is 7.04. The third-order valence-electron chi connectivity index (χ3n) is 5.26. The number of rotatable bonds is 6. The Morgan fingerprint density at radius 1 is 1.13 bits per heavy atom. The summed E-state index contributed by atoms with van der Waals surface area (Å²) in [6.45, 7) is 2.03. The van der Waals surface area contributed by atoms with E-state index in [0.717, 1.165) is 35.4 Å². The van der Waals surface area contributed by atoms with E-state index in [9.17, 15) is 0 Å². The molecule has 0 N–H and O–H groups in total. The first-order chi connectivity index (χ1) is 14.7. The molecule has 0 atom stereocenters. The summed E-state index contributed by atoms with van der Waals surface area (Å²) in [7, 11) is 1.64. The molecule has 0 radical (unpaired) electrons. The lowest BCUT2D eigenvalue weighted by atomic mass is 10.1. The van der Waals surface area contributed by atoms with Crippen LogP contribution in [0.15, 0.2) is 55.4 Å². The molecule has 0 unspecified atom stereocenters. The van der Waals surface area contributed by atoms with Crippen molar-refractivity contribution in [3.63, 3.8) is 0 Å². The number of nitrogens with zero attached hydrogens (tertiary/aromatic N) is 5. The maximum atomic E-state index is 6.25. The van der Waals surface area contributed by atoms with Crippen LogP contribution in [0.4, 0.5) is 11.5 Å². The molecule has 5 rings (SSSR count). The van der Waals surface area contributed by atoms with E-state index in [0.29, 0.717) is 29.7 Å². The second kappa shape index (κ2) is 7.84. The van der Waals surface area contributed by atoms with Crippen LogP contribution >= 0.6 is 11.6 Å². The fourth-order valence-corrected chi connectivity index (χ4v) is 3.96. The van der Waals surface area contributed by atoms with Crippen LogP contribution < -0.4 is 14.4 Å². The van der Waals surface area contributed by atoms with Crippen LogP contribution in [0.3, 0.4) is 0 Å². The quantitative estimate of drug-likeness (QED) is 0.463. The predicted octanol–water partition coefficient (Wildman–Crippen LogP) is 4.26. The van der Waals surface area contributed by atoms with Crippen molar-refractivity contribution in [2.45, 2.75) is 13.0 Å². The summed E-state index contributed by atoms with van der Waals surface area (Å²) in [4.78, 5) is 15.3. The van der Waals surface area contributed by atoms with E-state index in [1.807, 2.05) is 35.0 Å². The van der Waals surface area contributed by atoms with Gasteiger partial charge in [0.1, 0.15) is 18.8 Å². The highest BCUT2D eigenvalue weighted by Crippen LogP contribution is 2.40. The Morgan fingerprint density at radius 2 is 2.07 bits per heavy atom. The number of hydrogen-bond donors (Lipinski definition) is 0. The van der Waals surface area contributed by atoms with Crippen LogP contribution in [-0.2, 0) is 13.0 Å². The molecule has 0 bridgehead atoms. The summed E-state index contributed by atoms with van der Waals surface area (Å²) < 4.78 is 13.6. The first kappa shape index (κ1) is 18.7. The van der Waals surface area contributed by atoms with Gasteiger partial charge in [0.15, 0.2) is 11.5 Å². The minimum absolute atomic E-state index is 0.494. The average Bonchev–Trinajstić information content (AvgIpc) is 3.42. The zero-order valence-electron chi connectivity index (χ0n) is 16.5. The highest BCUT2D eigenvalue weighted by Gasteiger charge is 2.24. The Morgan fingerprint density at radius 3 is 2.90 bits per heavy atom. The molecule has 0 saturated carbocycles. The molecule has 2 aromatic heterocycles. The third-order valence-corrected chi connectivity index (χ3v) is 5.50. The first-order valence-corrected chi connectivity index (χ1v) is 10.1. The molecule has 8 heteroatoms. The van der Waals surface area contributed by atoms with Gasteiger partial charge >= 0.3 is 0 Å². The zero-order valence-corrected chi connectivity index (χ0v) is 17.2. The normalized spacial score (nSPS) is 12.9. The standard InChI is InChI=1S/C22H20ClN5O2/c1-29-20-11-17-18(12-21(20)30-9-8-27-7-5-24-14-27)25-13-26-22(17)28-6-4-15-2-3-16(23)10-19(15)28/h2-3,5,7,10-14H,4,6,8-9H2,1H3. The van der Waals surface area contributed by atoms with Crippen molar-refractivity contribution in [1.82, 2.24) is 19.5 Å². The fraction of sp³-hybridized carbons (Fsp3) is 0.227. The fourth-order valence-electron chi connectivity index (χ4n) is 3.79.